The van der Waals surface area contributed by atoms with Crippen molar-refractivity contribution in [3.05, 3.63) is 133 Å². The number of hydrogen-bond acceptors (Lipinski definition) is 6. The Hall–Kier alpha value is -4.82. The van der Waals surface area contributed by atoms with Gasteiger partial charge in [0.25, 0.3) is 0 Å². The molecule has 0 spiro atoms. The van der Waals surface area contributed by atoms with Crippen molar-refractivity contribution in [3.63, 3.8) is 0 Å². The van der Waals surface area contributed by atoms with Crippen LogP contribution in [0.25, 0.3) is 0 Å². The number of Topliss-reactive ketones (excluding diaryl/α,β-unsaturated/α-hetero) is 1. The van der Waals surface area contributed by atoms with Crippen molar-refractivity contribution >= 4 is 65.8 Å². The van der Waals surface area contributed by atoms with Crippen LogP contribution in [0.1, 0.15) is 50.0 Å². The molecule has 1 saturated heterocycles. The minimum absolute atomic E-state index is 0.0349. The molecule has 0 saturated carbocycles. The molecule has 1 fully saturated rings. The minimum Gasteiger partial charge on any atom is -0.457 e. The number of ketones is 1. The maximum atomic E-state index is 15.1. The number of amides is 2. The molecule has 0 bridgehead atoms. The summed E-state index contributed by atoms with van der Waals surface area (Å²) < 4.78 is 12.8. The van der Waals surface area contributed by atoms with E-state index in [1.165, 1.54) is 6.08 Å². The van der Waals surface area contributed by atoms with Gasteiger partial charge >= 0.3 is 5.97 Å². The fourth-order valence-corrected chi connectivity index (χ4v) is 13.4. The van der Waals surface area contributed by atoms with E-state index in [9.17, 15) is 14.4 Å². The van der Waals surface area contributed by atoms with E-state index in [0.29, 0.717) is 11.3 Å². The average Bonchev–Trinajstić information content (AvgIpc) is 3.45. The number of carbonyl (C=O) groups is 4. The first-order chi connectivity index (χ1) is 26.1. The van der Waals surface area contributed by atoms with Crippen LogP contribution in [0.3, 0.4) is 0 Å². The molecule has 55 heavy (non-hydrogen) atoms. The van der Waals surface area contributed by atoms with Crippen molar-refractivity contribution in [1.82, 2.24) is 4.90 Å². The van der Waals surface area contributed by atoms with E-state index in [-0.39, 0.29) is 47.5 Å². The van der Waals surface area contributed by atoms with Gasteiger partial charge in [0.15, 0.2) is 14.1 Å². The highest BCUT2D eigenvalue weighted by Gasteiger charge is 2.57. The van der Waals surface area contributed by atoms with Gasteiger partial charge in [-0.25, -0.2) is 4.79 Å². The third-order valence-electron chi connectivity index (χ3n) is 11.4. The summed E-state index contributed by atoms with van der Waals surface area (Å²) in [5.74, 6) is -1.90. The average molecular weight is 775 g/mol. The molecular weight excluding hydrogens is 724 g/mol. The lowest BCUT2D eigenvalue weighted by molar-refractivity contribution is -0.156. The van der Waals surface area contributed by atoms with Crippen LogP contribution in [0.15, 0.2) is 122 Å². The maximum absolute atomic E-state index is 15.1. The minimum atomic E-state index is -3.20. The van der Waals surface area contributed by atoms with Crippen LogP contribution < -0.4 is 20.8 Å². The molecule has 4 aromatic carbocycles. The van der Waals surface area contributed by atoms with Crippen molar-refractivity contribution in [2.24, 2.45) is 5.92 Å². The van der Waals surface area contributed by atoms with Crippen LogP contribution in [0, 0.1) is 5.92 Å². The summed E-state index contributed by atoms with van der Waals surface area (Å²) in [6.07, 6.45) is 1.17. The molecule has 8 nitrogen and oxygen atoms in total. The number of ether oxygens (including phenoxy) is 1. The molecule has 2 amide bonds. The summed E-state index contributed by atoms with van der Waals surface area (Å²) in [6.45, 7) is 13.2. The first-order valence-electron chi connectivity index (χ1n) is 18.8. The number of β-lactam (4-membered cyclic amide) rings is 1. The number of hydrogen-bond donors (Lipinski definition) is 0. The summed E-state index contributed by atoms with van der Waals surface area (Å²) in [7, 11) is -0.672. The van der Waals surface area contributed by atoms with E-state index in [1.807, 2.05) is 104 Å². The Kier molecular flexibility index (Phi) is 11.4. The summed E-state index contributed by atoms with van der Waals surface area (Å²) in [4.78, 5) is 60.3. The Labute approximate surface area is 326 Å². The van der Waals surface area contributed by atoms with E-state index in [2.05, 4.69) is 40.4 Å². The molecule has 0 aromatic heterocycles. The Morgan fingerprint density at radius 2 is 1.42 bits per heavy atom. The van der Waals surface area contributed by atoms with Crippen LogP contribution in [0.2, 0.25) is 18.1 Å². The molecule has 0 unspecified atom stereocenters. The third-order valence-corrected chi connectivity index (χ3v) is 20.3. The van der Waals surface area contributed by atoms with Gasteiger partial charge in [0.05, 0.1) is 24.5 Å². The molecule has 0 aliphatic carbocycles. The van der Waals surface area contributed by atoms with Crippen LogP contribution in [-0.2, 0) is 30.0 Å². The summed E-state index contributed by atoms with van der Waals surface area (Å²) >= 11 is 0. The molecule has 2 heterocycles. The summed E-state index contributed by atoms with van der Waals surface area (Å²) in [5, 5.41) is 2.44. The fraction of sp³-hybridized carbons (Fsp3) is 0.311. The van der Waals surface area contributed by atoms with Crippen LogP contribution in [-0.4, -0.2) is 68.0 Å². The summed E-state index contributed by atoms with van der Waals surface area (Å²) in [6, 6.07) is 34.0. The highest BCUT2D eigenvalue weighted by molar-refractivity contribution is 7.96. The number of anilines is 1. The number of likely N-dealkylation sites (tertiary alicyclic amines) is 1. The van der Waals surface area contributed by atoms with Crippen LogP contribution in [0.4, 0.5) is 5.69 Å². The van der Waals surface area contributed by atoms with E-state index < -0.39 is 39.2 Å². The Bertz CT molecular complexity index is 2060. The summed E-state index contributed by atoms with van der Waals surface area (Å²) in [5.41, 5.74) is 2.20. The molecule has 286 valence electrons. The topological polar surface area (TPSA) is 93.2 Å². The van der Waals surface area contributed by atoms with E-state index in [0.717, 1.165) is 21.5 Å². The van der Waals surface area contributed by atoms with Gasteiger partial charge in [0, 0.05) is 31.6 Å². The number of fused-ring (bicyclic) bond motifs is 1. The number of carbonyl (C=O) groups excluding carboxylic acids is 4. The Morgan fingerprint density at radius 1 is 0.891 bits per heavy atom. The smallest absolute Gasteiger partial charge is 0.356 e. The van der Waals surface area contributed by atoms with Crippen molar-refractivity contribution in [2.45, 2.75) is 70.8 Å². The lowest BCUT2D eigenvalue weighted by Gasteiger charge is -2.53. The van der Waals surface area contributed by atoms with Gasteiger partial charge < -0.3 is 19.0 Å². The molecule has 2 aliphatic heterocycles. The number of nitrogens with zero attached hydrogens (tertiary/aromatic N) is 2. The molecule has 6 rings (SSSR count). The van der Waals surface area contributed by atoms with Gasteiger partial charge in [-0.15, -0.1) is 0 Å². The number of rotatable bonds is 13. The second kappa shape index (κ2) is 15.7. The lowest BCUT2D eigenvalue weighted by Crippen LogP contribution is -2.69. The Balaban J connectivity index is 1.62. The van der Waals surface area contributed by atoms with Crippen molar-refractivity contribution in [3.8, 4) is 0 Å². The van der Waals surface area contributed by atoms with E-state index >= 15 is 4.79 Å². The van der Waals surface area contributed by atoms with Gasteiger partial charge in [0.1, 0.15) is 12.0 Å². The zero-order chi connectivity index (χ0) is 39.7. The van der Waals surface area contributed by atoms with Crippen molar-refractivity contribution in [2.75, 3.05) is 18.6 Å². The predicted octanol–water partition coefficient (Wildman–Crippen LogP) is 6.87. The van der Waals surface area contributed by atoms with Gasteiger partial charge in [-0.3, -0.25) is 14.4 Å². The van der Waals surface area contributed by atoms with Crippen LogP contribution >= 0.6 is 6.89 Å². The number of esters is 1. The standard InChI is InChI=1S/C45H51N2O6PSi/c1-9-27-52-44(51)43(54(34-19-13-10-14-20-34,35-21-15-11-16-22-35)36-23-17-12-18-24-36)47-38(41(42(47)50)31(2)53-55(7,8)45(3,4)5)30-39(48)33-26-25-32-29-40(49)46(6)37(32)28-33/h9-26,28,31,38,41H,1,27,29-30H2,2-8H3/t31-,38+,41+/m0/s1. The van der Waals surface area contributed by atoms with Gasteiger partial charge in [-0.1, -0.05) is 137 Å². The fourth-order valence-electron chi connectivity index (χ4n) is 7.56. The highest BCUT2D eigenvalue weighted by Crippen LogP contribution is 2.51. The molecular formula is C45H51N2O6PSi. The normalized spacial score (nSPS) is 17.7. The lowest BCUT2D eigenvalue weighted by atomic mass is 9.79. The van der Waals surface area contributed by atoms with Crippen molar-refractivity contribution < 1.29 is 28.3 Å². The largest absolute Gasteiger partial charge is 0.457 e. The molecule has 2 aliphatic rings. The molecule has 0 radical (unpaired) electrons. The first-order valence-corrected chi connectivity index (χ1v) is 23.5. The third kappa shape index (κ3) is 7.33. The van der Waals surface area contributed by atoms with Gasteiger partial charge in [0.2, 0.25) is 11.8 Å². The SMILES string of the molecule is C=CCOC(=O)C(N1C(=O)[C@H]([C@H](C)O[Si](C)(C)C(C)(C)C)[C@H]1CC(=O)c1ccc2c(c1)N(C)C(=O)C2)=P(c1ccccc1)(c1ccccc1)c1ccccc1. The predicted molar refractivity (Wildman–Crippen MR) is 226 cm³/mol. The number of likely N-dealkylation sites (N-methyl/N-ethyl adjacent to an activating group) is 1. The molecule has 0 N–H and O–H groups in total. The van der Waals surface area contributed by atoms with Crippen LogP contribution in [0.5, 0.6) is 0 Å². The van der Waals surface area contributed by atoms with Gasteiger partial charge in [-0.05, 0) is 52.6 Å². The highest BCUT2D eigenvalue weighted by atomic mass is 31.2. The Morgan fingerprint density at radius 3 is 1.91 bits per heavy atom. The molecule has 3 atom stereocenters. The monoisotopic (exact) mass is 774 g/mol. The quantitative estimate of drug-likeness (QED) is 0.0368. The second-order valence-corrected chi connectivity index (χ2v) is 23.9. The van der Waals surface area contributed by atoms with Gasteiger partial charge in [-0.2, -0.15) is 0 Å². The van der Waals surface area contributed by atoms with E-state index in [1.54, 1.807) is 29.0 Å². The molecule has 4 aromatic rings. The zero-order valence-corrected chi connectivity index (χ0v) is 34.7. The first kappa shape index (κ1) is 39.9. The van der Waals surface area contributed by atoms with Crippen molar-refractivity contribution in [1.29, 1.82) is 0 Å². The second-order valence-electron chi connectivity index (χ2n) is 15.9. The van der Waals surface area contributed by atoms with E-state index in [4.69, 9.17) is 9.16 Å². The maximum Gasteiger partial charge on any atom is 0.356 e. The molecule has 10 heteroatoms. The zero-order valence-electron chi connectivity index (χ0n) is 32.8. The number of benzene rings is 4.